The molecule has 25 heavy (non-hydrogen) atoms. The normalized spacial score (nSPS) is 10.9. The predicted octanol–water partition coefficient (Wildman–Crippen LogP) is 3.50. The topological polar surface area (TPSA) is 95.1 Å². The molecule has 0 aliphatic heterocycles. The lowest BCUT2D eigenvalue weighted by Crippen LogP contribution is -2.30. The highest BCUT2D eigenvalue weighted by molar-refractivity contribution is 6.32. The maximum Gasteiger partial charge on any atom is 0.265 e. The van der Waals surface area contributed by atoms with Crippen LogP contribution >= 0.6 is 11.6 Å². The van der Waals surface area contributed by atoms with Crippen LogP contribution in [0.1, 0.15) is 18.1 Å². The molecule has 0 radical (unpaired) electrons. The SMILES string of the molecule is COc1cc(C#N)ccc1O[C@H](C)C(=O)Nc1ccc(C#N)c(Cl)c1. The zero-order valence-corrected chi connectivity index (χ0v) is 14.3. The zero-order valence-electron chi connectivity index (χ0n) is 13.5. The molecule has 0 fully saturated rings. The molecule has 6 nitrogen and oxygen atoms in total. The Hall–Kier alpha value is -3.22. The van der Waals surface area contributed by atoms with E-state index in [4.69, 9.17) is 31.6 Å². The molecule has 0 unspecified atom stereocenters. The summed E-state index contributed by atoms with van der Waals surface area (Å²) in [5, 5.41) is 20.7. The molecule has 0 aliphatic rings. The molecule has 2 rings (SSSR count). The number of nitrogens with zero attached hydrogens (tertiary/aromatic N) is 2. The van der Waals surface area contributed by atoms with Gasteiger partial charge in [-0.1, -0.05) is 11.6 Å². The number of hydrogen-bond acceptors (Lipinski definition) is 5. The summed E-state index contributed by atoms with van der Waals surface area (Å²) in [6, 6.07) is 13.2. The first-order valence-corrected chi connectivity index (χ1v) is 7.61. The number of halogens is 1. The van der Waals surface area contributed by atoms with Crippen molar-refractivity contribution in [3.8, 4) is 23.6 Å². The molecule has 0 aliphatic carbocycles. The summed E-state index contributed by atoms with van der Waals surface area (Å²) in [6.07, 6.45) is -0.823. The van der Waals surface area contributed by atoms with Crippen LogP contribution < -0.4 is 14.8 Å². The molecule has 0 spiro atoms. The Balaban J connectivity index is 2.09. The average molecular weight is 356 g/mol. The molecule has 0 aromatic heterocycles. The number of benzene rings is 2. The van der Waals surface area contributed by atoms with Crippen LogP contribution in [0.3, 0.4) is 0 Å². The van der Waals surface area contributed by atoms with Gasteiger partial charge in [0.05, 0.1) is 29.3 Å². The lowest BCUT2D eigenvalue weighted by molar-refractivity contribution is -0.122. The summed E-state index contributed by atoms with van der Waals surface area (Å²) in [6.45, 7) is 1.58. The Morgan fingerprint density at radius 1 is 1.16 bits per heavy atom. The van der Waals surface area contributed by atoms with Crippen LogP contribution in [0, 0.1) is 22.7 Å². The van der Waals surface area contributed by atoms with E-state index in [2.05, 4.69) is 5.32 Å². The van der Waals surface area contributed by atoms with Crippen molar-refractivity contribution in [3.05, 3.63) is 52.5 Å². The maximum atomic E-state index is 12.3. The lowest BCUT2D eigenvalue weighted by atomic mass is 10.2. The van der Waals surface area contributed by atoms with E-state index in [0.717, 1.165) is 0 Å². The van der Waals surface area contributed by atoms with Crippen LogP contribution in [-0.4, -0.2) is 19.1 Å². The number of hydrogen-bond donors (Lipinski definition) is 1. The van der Waals surface area contributed by atoms with Crippen molar-refractivity contribution >= 4 is 23.2 Å². The van der Waals surface area contributed by atoms with Crippen LogP contribution in [0.4, 0.5) is 5.69 Å². The fourth-order valence-corrected chi connectivity index (χ4v) is 2.23. The summed E-state index contributed by atoms with van der Waals surface area (Å²) in [5.41, 5.74) is 1.20. The highest BCUT2D eigenvalue weighted by Crippen LogP contribution is 2.29. The van der Waals surface area contributed by atoms with E-state index in [9.17, 15) is 4.79 Å². The van der Waals surface area contributed by atoms with E-state index >= 15 is 0 Å². The minimum absolute atomic E-state index is 0.252. The third-order valence-corrected chi connectivity index (χ3v) is 3.64. The number of ether oxygens (including phenoxy) is 2. The standard InChI is InChI=1S/C18H14ClN3O3/c1-11(25-16-6-3-12(9-20)7-17(16)24-2)18(23)22-14-5-4-13(10-21)15(19)8-14/h3-8,11H,1-2H3,(H,22,23)/t11-/m1/s1. The van der Waals surface area contributed by atoms with Gasteiger partial charge in [-0.2, -0.15) is 10.5 Å². The smallest absolute Gasteiger partial charge is 0.265 e. The Bertz CT molecular complexity index is 884. The molecule has 0 saturated carbocycles. The number of carbonyl (C=O) groups excluding carboxylic acids is 1. The Labute approximate surface area is 150 Å². The summed E-state index contributed by atoms with van der Waals surface area (Å²) < 4.78 is 10.8. The number of amides is 1. The Morgan fingerprint density at radius 3 is 2.52 bits per heavy atom. The van der Waals surface area contributed by atoms with Gasteiger partial charge in [-0.15, -0.1) is 0 Å². The van der Waals surface area contributed by atoms with E-state index in [1.165, 1.54) is 25.3 Å². The number of anilines is 1. The highest BCUT2D eigenvalue weighted by Gasteiger charge is 2.18. The Morgan fingerprint density at radius 2 is 1.92 bits per heavy atom. The second-order valence-corrected chi connectivity index (χ2v) is 5.44. The van der Waals surface area contributed by atoms with Gasteiger partial charge in [-0.3, -0.25) is 4.79 Å². The van der Waals surface area contributed by atoms with Gasteiger partial charge in [0, 0.05) is 11.8 Å². The van der Waals surface area contributed by atoms with E-state index in [1.54, 1.807) is 25.1 Å². The van der Waals surface area contributed by atoms with Gasteiger partial charge >= 0.3 is 0 Å². The molecule has 1 atom stereocenters. The van der Waals surface area contributed by atoms with Crippen molar-refractivity contribution < 1.29 is 14.3 Å². The summed E-state index contributed by atoms with van der Waals surface area (Å²) in [5.74, 6) is 0.314. The third-order valence-electron chi connectivity index (χ3n) is 3.32. The largest absolute Gasteiger partial charge is 0.493 e. The molecule has 0 heterocycles. The van der Waals surface area contributed by atoms with Gasteiger partial charge in [0.2, 0.25) is 0 Å². The highest BCUT2D eigenvalue weighted by atomic mass is 35.5. The van der Waals surface area contributed by atoms with E-state index < -0.39 is 12.0 Å². The second-order valence-electron chi connectivity index (χ2n) is 5.03. The number of carbonyl (C=O) groups is 1. The third kappa shape index (κ3) is 4.41. The van der Waals surface area contributed by atoms with Crippen LogP contribution in [0.2, 0.25) is 5.02 Å². The van der Waals surface area contributed by atoms with Crippen molar-refractivity contribution in [3.63, 3.8) is 0 Å². The number of rotatable bonds is 5. The maximum absolute atomic E-state index is 12.3. The van der Waals surface area contributed by atoms with Crippen molar-refractivity contribution in [2.24, 2.45) is 0 Å². The second kappa shape index (κ2) is 8.05. The summed E-state index contributed by atoms with van der Waals surface area (Å²) >= 11 is 5.94. The summed E-state index contributed by atoms with van der Waals surface area (Å²) in [4.78, 5) is 12.3. The van der Waals surface area contributed by atoms with Crippen LogP contribution in [0.15, 0.2) is 36.4 Å². The number of methoxy groups -OCH3 is 1. The lowest BCUT2D eigenvalue weighted by Gasteiger charge is -2.17. The van der Waals surface area contributed by atoms with Crippen molar-refractivity contribution in [1.29, 1.82) is 10.5 Å². The van der Waals surface area contributed by atoms with Crippen LogP contribution in [-0.2, 0) is 4.79 Å². The van der Waals surface area contributed by atoms with Crippen molar-refractivity contribution in [1.82, 2.24) is 0 Å². The molecule has 2 aromatic rings. The van der Waals surface area contributed by atoms with Crippen molar-refractivity contribution in [2.75, 3.05) is 12.4 Å². The number of nitriles is 2. The minimum Gasteiger partial charge on any atom is -0.493 e. The monoisotopic (exact) mass is 355 g/mol. The zero-order chi connectivity index (χ0) is 18.4. The number of nitrogens with one attached hydrogen (secondary N) is 1. The van der Waals surface area contributed by atoms with Gasteiger partial charge in [-0.05, 0) is 37.3 Å². The fourth-order valence-electron chi connectivity index (χ4n) is 2.01. The van der Waals surface area contributed by atoms with E-state index in [-0.39, 0.29) is 5.02 Å². The van der Waals surface area contributed by atoms with Gasteiger partial charge in [0.1, 0.15) is 6.07 Å². The predicted molar refractivity (Wildman–Crippen MR) is 92.6 cm³/mol. The van der Waals surface area contributed by atoms with Gasteiger partial charge in [-0.25, -0.2) is 0 Å². The first kappa shape index (κ1) is 18.1. The molecule has 7 heteroatoms. The quantitative estimate of drug-likeness (QED) is 0.885. The van der Waals surface area contributed by atoms with E-state index in [0.29, 0.717) is 28.3 Å². The molecular weight excluding hydrogens is 342 g/mol. The molecular formula is C18H14ClN3O3. The molecule has 0 bridgehead atoms. The fraction of sp³-hybridized carbons (Fsp3) is 0.167. The molecule has 1 N–H and O–H groups in total. The van der Waals surface area contributed by atoms with Crippen LogP contribution in [0.5, 0.6) is 11.5 Å². The molecule has 2 aromatic carbocycles. The Kier molecular flexibility index (Phi) is 5.84. The van der Waals surface area contributed by atoms with Gasteiger partial charge < -0.3 is 14.8 Å². The first-order valence-electron chi connectivity index (χ1n) is 7.23. The van der Waals surface area contributed by atoms with E-state index in [1.807, 2.05) is 12.1 Å². The molecule has 1 amide bonds. The van der Waals surface area contributed by atoms with Crippen molar-refractivity contribution in [2.45, 2.75) is 13.0 Å². The average Bonchev–Trinajstić information content (AvgIpc) is 2.62. The molecule has 126 valence electrons. The van der Waals surface area contributed by atoms with Gasteiger partial charge in [0.25, 0.3) is 5.91 Å². The summed E-state index contributed by atoms with van der Waals surface area (Å²) in [7, 11) is 1.45. The first-order chi connectivity index (χ1) is 12.0. The van der Waals surface area contributed by atoms with Crippen LogP contribution in [0.25, 0.3) is 0 Å². The van der Waals surface area contributed by atoms with Gasteiger partial charge in [0.15, 0.2) is 17.6 Å². The minimum atomic E-state index is -0.823. The molecule has 0 saturated heterocycles.